The second-order valence-electron chi connectivity index (χ2n) is 5.82. The molecule has 0 aromatic heterocycles. The molecule has 0 saturated carbocycles. The molecule has 3 heteroatoms. The topological polar surface area (TPSA) is 38.3 Å². The van der Waals surface area contributed by atoms with E-state index in [1.54, 1.807) is 0 Å². The van der Waals surface area contributed by atoms with Crippen molar-refractivity contribution in [2.24, 2.45) is 0 Å². The Morgan fingerprint density at radius 1 is 1.23 bits per heavy atom. The number of nitrogens with one attached hydrogen (secondary N) is 1. The molecule has 1 amide bonds. The van der Waals surface area contributed by atoms with Crippen LogP contribution in [0.15, 0.2) is 48.5 Å². The first-order valence-electron chi connectivity index (χ1n) is 7.79. The predicted octanol–water partition coefficient (Wildman–Crippen LogP) is 3.57. The lowest BCUT2D eigenvalue weighted by atomic mass is 9.88. The summed E-state index contributed by atoms with van der Waals surface area (Å²) in [5.74, 6) is 0.669. The molecule has 1 unspecified atom stereocenters. The van der Waals surface area contributed by atoms with Gasteiger partial charge >= 0.3 is 0 Å². The summed E-state index contributed by atoms with van der Waals surface area (Å²) in [4.78, 5) is 12.1. The number of carbonyl (C=O) groups excluding carboxylic acids is 1. The Labute approximate surface area is 131 Å². The van der Waals surface area contributed by atoms with Crippen LogP contribution in [0.1, 0.15) is 35.6 Å². The predicted molar refractivity (Wildman–Crippen MR) is 86.9 cm³/mol. The van der Waals surface area contributed by atoms with Gasteiger partial charge < -0.3 is 10.1 Å². The number of hydrogen-bond donors (Lipinski definition) is 1. The fraction of sp³-hybridized carbons (Fsp3) is 0.316. The first-order valence-corrected chi connectivity index (χ1v) is 7.79. The Bertz CT molecular complexity index is 666. The molecule has 0 fully saturated rings. The van der Waals surface area contributed by atoms with Crippen LogP contribution in [0, 0.1) is 6.92 Å². The summed E-state index contributed by atoms with van der Waals surface area (Å²) in [5, 5.41) is 3.10. The zero-order valence-corrected chi connectivity index (χ0v) is 12.8. The van der Waals surface area contributed by atoms with Crippen LogP contribution in [0.5, 0.6) is 5.75 Å². The van der Waals surface area contributed by atoms with Crippen molar-refractivity contribution < 1.29 is 9.53 Å². The van der Waals surface area contributed by atoms with Crippen molar-refractivity contribution in [3.63, 3.8) is 0 Å². The second-order valence-corrected chi connectivity index (χ2v) is 5.82. The van der Waals surface area contributed by atoms with Gasteiger partial charge in [0.1, 0.15) is 5.75 Å². The highest BCUT2D eigenvalue weighted by atomic mass is 16.5. The Hall–Kier alpha value is -2.29. The standard InChI is InChI=1S/C19H21NO2/c1-14-6-4-9-16(12-14)22-13-19(21)20-18-11-5-8-15-7-2-3-10-17(15)18/h2-4,6-7,9-10,12,18H,5,8,11,13H2,1H3,(H,20,21). The Balaban J connectivity index is 1.59. The number of aryl methyl sites for hydroxylation is 2. The molecule has 1 aliphatic carbocycles. The number of carbonyl (C=O) groups is 1. The van der Waals surface area contributed by atoms with Crippen LogP contribution in [0.25, 0.3) is 0 Å². The van der Waals surface area contributed by atoms with Crippen LogP contribution in [0.2, 0.25) is 0 Å². The van der Waals surface area contributed by atoms with Gasteiger partial charge in [0.05, 0.1) is 6.04 Å². The average molecular weight is 295 g/mol. The van der Waals surface area contributed by atoms with E-state index in [0.29, 0.717) is 0 Å². The molecule has 0 aliphatic heterocycles. The van der Waals surface area contributed by atoms with Gasteiger partial charge in [-0.25, -0.2) is 0 Å². The van der Waals surface area contributed by atoms with Crippen molar-refractivity contribution >= 4 is 5.91 Å². The van der Waals surface area contributed by atoms with Gasteiger partial charge in [0.2, 0.25) is 0 Å². The highest BCUT2D eigenvalue weighted by Crippen LogP contribution is 2.29. The van der Waals surface area contributed by atoms with Crippen molar-refractivity contribution in [1.29, 1.82) is 0 Å². The second kappa shape index (κ2) is 6.65. The summed E-state index contributed by atoms with van der Waals surface area (Å²) in [6, 6.07) is 16.2. The van der Waals surface area contributed by atoms with Gasteiger partial charge in [0, 0.05) is 0 Å². The maximum atomic E-state index is 12.1. The highest BCUT2D eigenvalue weighted by molar-refractivity contribution is 5.78. The number of fused-ring (bicyclic) bond motifs is 1. The SMILES string of the molecule is Cc1cccc(OCC(=O)NC2CCCc3ccccc32)c1. The van der Waals surface area contributed by atoms with Crippen molar-refractivity contribution in [1.82, 2.24) is 5.32 Å². The van der Waals surface area contributed by atoms with E-state index in [2.05, 4.69) is 23.5 Å². The first kappa shape index (κ1) is 14.6. The molecular formula is C19H21NO2. The molecule has 114 valence electrons. The van der Waals surface area contributed by atoms with Gasteiger partial charge in [-0.05, 0) is 55.0 Å². The van der Waals surface area contributed by atoms with E-state index >= 15 is 0 Å². The third-order valence-corrected chi connectivity index (χ3v) is 4.06. The van der Waals surface area contributed by atoms with Gasteiger partial charge in [-0.2, -0.15) is 0 Å². The van der Waals surface area contributed by atoms with Crippen LogP contribution in [0.3, 0.4) is 0 Å². The Kier molecular flexibility index (Phi) is 4.42. The van der Waals surface area contributed by atoms with Crippen LogP contribution in [-0.4, -0.2) is 12.5 Å². The maximum absolute atomic E-state index is 12.1. The lowest BCUT2D eigenvalue weighted by molar-refractivity contribution is -0.123. The first-order chi connectivity index (χ1) is 10.7. The maximum Gasteiger partial charge on any atom is 0.258 e. The molecule has 3 nitrogen and oxygen atoms in total. The average Bonchev–Trinajstić information content (AvgIpc) is 2.53. The molecule has 1 aliphatic rings. The molecule has 3 rings (SSSR count). The smallest absolute Gasteiger partial charge is 0.258 e. The number of amides is 1. The van der Waals surface area contributed by atoms with Crippen LogP contribution in [-0.2, 0) is 11.2 Å². The Morgan fingerprint density at radius 3 is 2.95 bits per heavy atom. The van der Waals surface area contributed by atoms with Gasteiger partial charge in [-0.15, -0.1) is 0 Å². The minimum atomic E-state index is -0.0665. The summed E-state index contributed by atoms with van der Waals surface area (Å²) in [6.07, 6.45) is 3.20. The van der Waals surface area contributed by atoms with Crippen molar-refractivity contribution in [2.45, 2.75) is 32.2 Å². The summed E-state index contributed by atoms with van der Waals surface area (Å²) in [7, 11) is 0. The van der Waals surface area contributed by atoms with Gasteiger partial charge in [0.15, 0.2) is 6.61 Å². The van der Waals surface area contributed by atoms with Crippen LogP contribution >= 0.6 is 0 Å². The van der Waals surface area contributed by atoms with Crippen molar-refractivity contribution in [3.8, 4) is 5.75 Å². The molecular weight excluding hydrogens is 274 g/mol. The molecule has 0 saturated heterocycles. The third kappa shape index (κ3) is 3.48. The van der Waals surface area contributed by atoms with Crippen LogP contribution < -0.4 is 10.1 Å². The fourth-order valence-electron chi connectivity index (χ4n) is 2.99. The van der Waals surface area contributed by atoms with E-state index < -0.39 is 0 Å². The van der Waals surface area contributed by atoms with Gasteiger partial charge in [-0.1, -0.05) is 36.4 Å². The van der Waals surface area contributed by atoms with Gasteiger partial charge in [-0.3, -0.25) is 4.79 Å². The Morgan fingerprint density at radius 2 is 2.09 bits per heavy atom. The van der Waals surface area contributed by atoms with Crippen molar-refractivity contribution in [3.05, 3.63) is 65.2 Å². The lowest BCUT2D eigenvalue weighted by Crippen LogP contribution is -2.34. The molecule has 0 heterocycles. The minimum Gasteiger partial charge on any atom is -0.484 e. The zero-order chi connectivity index (χ0) is 15.4. The van der Waals surface area contributed by atoms with Gasteiger partial charge in [0.25, 0.3) is 5.91 Å². The lowest BCUT2D eigenvalue weighted by Gasteiger charge is -2.26. The summed E-state index contributed by atoms with van der Waals surface area (Å²) < 4.78 is 5.57. The number of benzene rings is 2. The summed E-state index contributed by atoms with van der Waals surface area (Å²) >= 11 is 0. The van der Waals surface area contributed by atoms with E-state index in [-0.39, 0.29) is 18.6 Å². The molecule has 1 N–H and O–H groups in total. The fourth-order valence-corrected chi connectivity index (χ4v) is 2.99. The summed E-state index contributed by atoms with van der Waals surface area (Å²) in [5.41, 5.74) is 3.72. The monoisotopic (exact) mass is 295 g/mol. The molecule has 22 heavy (non-hydrogen) atoms. The highest BCUT2D eigenvalue weighted by Gasteiger charge is 2.21. The van der Waals surface area contributed by atoms with E-state index in [1.807, 2.05) is 37.3 Å². The van der Waals surface area contributed by atoms with E-state index in [4.69, 9.17) is 4.74 Å². The normalized spacial score (nSPS) is 16.7. The van der Waals surface area contributed by atoms with E-state index in [1.165, 1.54) is 11.1 Å². The van der Waals surface area contributed by atoms with E-state index in [9.17, 15) is 4.79 Å². The molecule has 0 spiro atoms. The molecule has 2 aromatic rings. The number of rotatable bonds is 4. The molecule has 1 atom stereocenters. The summed E-state index contributed by atoms with van der Waals surface area (Å²) in [6.45, 7) is 2.06. The molecule has 2 aromatic carbocycles. The molecule has 0 bridgehead atoms. The molecule has 0 radical (unpaired) electrons. The van der Waals surface area contributed by atoms with Crippen LogP contribution in [0.4, 0.5) is 0 Å². The number of hydrogen-bond acceptors (Lipinski definition) is 2. The number of ether oxygens (including phenoxy) is 1. The van der Waals surface area contributed by atoms with Crippen molar-refractivity contribution in [2.75, 3.05) is 6.61 Å². The largest absolute Gasteiger partial charge is 0.484 e. The zero-order valence-electron chi connectivity index (χ0n) is 12.8. The minimum absolute atomic E-state index is 0.0577. The quantitative estimate of drug-likeness (QED) is 0.936. The van der Waals surface area contributed by atoms with E-state index in [0.717, 1.165) is 30.6 Å². The third-order valence-electron chi connectivity index (χ3n) is 4.06.